The van der Waals surface area contributed by atoms with E-state index >= 15 is 0 Å². The van der Waals surface area contributed by atoms with Gasteiger partial charge in [0.25, 0.3) is 5.91 Å². The van der Waals surface area contributed by atoms with E-state index in [9.17, 15) is 14.4 Å². The molecule has 0 unspecified atom stereocenters. The standard InChI is InChI=1S/C26H18Cl2N2O6/c1-34-22-18(27)12-16(20(21(22)28)24(31)30-29)25(32)36-26(33)23-19(15-10-6-3-7-11-15)17(13-35-23)14-8-4-2-5-9-14/h2-13H,29H2,1H3,(H,30,31). The van der Waals surface area contributed by atoms with E-state index in [4.69, 9.17) is 42.9 Å². The summed E-state index contributed by atoms with van der Waals surface area (Å²) in [5.41, 5.74) is 3.65. The minimum absolute atomic E-state index is 0.0512. The SMILES string of the molecule is COc1c(Cl)cc(C(=O)OC(=O)c2occ(-c3ccccc3)c2-c2ccccc2)c(C(=O)NN)c1Cl. The van der Waals surface area contributed by atoms with Crippen LogP contribution in [-0.2, 0) is 4.74 Å². The summed E-state index contributed by atoms with van der Waals surface area (Å²) in [5, 5.41) is -0.355. The predicted molar refractivity (Wildman–Crippen MR) is 134 cm³/mol. The van der Waals surface area contributed by atoms with Crippen molar-refractivity contribution in [2.45, 2.75) is 0 Å². The molecule has 0 aliphatic heterocycles. The van der Waals surface area contributed by atoms with E-state index in [0.29, 0.717) is 16.7 Å². The van der Waals surface area contributed by atoms with E-state index in [-0.39, 0.29) is 27.1 Å². The van der Waals surface area contributed by atoms with Gasteiger partial charge in [0.2, 0.25) is 5.76 Å². The van der Waals surface area contributed by atoms with Gasteiger partial charge in [-0.3, -0.25) is 10.2 Å². The average molecular weight is 525 g/mol. The van der Waals surface area contributed by atoms with Gasteiger partial charge in [-0.25, -0.2) is 15.4 Å². The third-order valence-electron chi connectivity index (χ3n) is 5.27. The van der Waals surface area contributed by atoms with E-state index in [0.717, 1.165) is 11.6 Å². The van der Waals surface area contributed by atoms with Crippen molar-refractivity contribution in [3.05, 3.63) is 99.9 Å². The monoisotopic (exact) mass is 524 g/mol. The molecule has 4 rings (SSSR count). The van der Waals surface area contributed by atoms with Gasteiger partial charge in [-0.15, -0.1) is 0 Å². The van der Waals surface area contributed by atoms with Crippen molar-refractivity contribution < 1.29 is 28.3 Å². The minimum atomic E-state index is -1.19. The third-order valence-corrected chi connectivity index (χ3v) is 5.91. The molecule has 0 saturated carbocycles. The summed E-state index contributed by atoms with van der Waals surface area (Å²) >= 11 is 12.4. The number of furan rings is 1. The van der Waals surface area contributed by atoms with Crippen molar-refractivity contribution in [1.29, 1.82) is 0 Å². The Morgan fingerprint density at radius 3 is 2.11 bits per heavy atom. The van der Waals surface area contributed by atoms with E-state index in [1.54, 1.807) is 24.3 Å². The van der Waals surface area contributed by atoms with Gasteiger partial charge in [0.1, 0.15) is 6.26 Å². The molecule has 8 nitrogen and oxygen atoms in total. The zero-order valence-electron chi connectivity index (χ0n) is 18.7. The minimum Gasteiger partial charge on any atom is -0.494 e. The fourth-order valence-electron chi connectivity index (χ4n) is 3.66. The van der Waals surface area contributed by atoms with E-state index < -0.39 is 23.4 Å². The van der Waals surface area contributed by atoms with Gasteiger partial charge in [0, 0.05) is 11.1 Å². The van der Waals surface area contributed by atoms with Gasteiger partial charge in [-0.05, 0) is 17.2 Å². The molecular weight excluding hydrogens is 507 g/mol. The molecule has 36 heavy (non-hydrogen) atoms. The Morgan fingerprint density at radius 1 is 0.917 bits per heavy atom. The first-order valence-corrected chi connectivity index (χ1v) is 11.2. The van der Waals surface area contributed by atoms with Gasteiger partial charge in [0.15, 0.2) is 5.75 Å². The van der Waals surface area contributed by atoms with Crippen molar-refractivity contribution in [1.82, 2.24) is 5.43 Å². The van der Waals surface area contributed by atoms with Crippen LogP contribution in [0.15, 0.2) is 77.4 Å². The quantitative estimate of drug-likeness (QED) is 0.112. The Hall–Kier alpha value is -4.11. The summed E-state index contributed by atoms with van der Waals surface area (Å²) in [6, 6.07) is 19.4. The summed E-state index contributed by atoms with van der Waals surface area (Å²) < 4.78 is 15.8. The molecule has 0 aliphatic carbocycles. The largest absolute Gasteiger partial charge is 0.494 e. The van der Waals surface area contributed by atoms with Crippen molar-refractivity contribution >= 4 is 41.0 Å². The number of nitrogens with one attached hydrogen (secondary N) is 1. The number of benzene rings is 3. The van der Waals surface area contributed by atoms with Crippen LogP contribution in [0.2, 0.25) is 10.0 Å². The summed E-state index contributed by atoms with van der Waals surface area (Å²) in [4.78, 5) is 38.6. The number of nitrogen functional groups attached to an aromatic ring is 1. The number of esters is 2. The molecule has 1 heterocycles. The van der Waals surface area contributed by atoms with Crippen LogP contribution in [0, 0.1) is 0 Å². The molecule has 4 aromatic rings. The molecule has 0 aliphatic rings. The molecule has 3 N–H and O–H groups in total. The lowest BCUT2D eigenvalue weighted by Gasteiger charge is -2.14. The Bertz CT molecular complexity index is 1450. The lowest BCUT2D eigenvalue weighted by Crippen LogP contribution is -2.32. The highest BCUT2D eigenvalue weighted by atomic mass is 35.5. The second kappa shape index (κ2) is 10.7. The van der Waals surface area contributed by atoms with Crippen LogP contribution in [0.25, 0.3) is 22.3 Å². The van der Waals surface area contributed by atoms with Crippen LogP contribution in [0.4, 0.5) is 0 Å². The Labute approximate surface area is 215 Å². The fourth-order valence-corrected chi connectivity index (χ4v) is 4.35. The van der Waals surface area contributed by atoms with E-state index in [1.165, 1.54) is 13.4 Å². The maximum absolute atomic E-state index is 13.2. The molecule has 0 bridgehead atoms. The second-order valence-corrected chi connectivity index (χ2v) is 8.15. The summed E-state index contributed by atoms with van der Waals surface area (Å²) in [7, 11) is 1.28. The first-order chi connectivity index (χ1) is 17.4. The molecule has 0 radical (unpaired) electrons. The van der Waals surface area contributed by atoms with Gasteiger partial charge < -0.3 is 13.9 Å². The molecule has 3 aromatic carbocycles. The number of carbonyl (C=O) groups is 3. The number of rotatable bonds is 6. The van der Waals surface area contributed by atoms with E-state index in [2.05, 4.69) is 0 Å². The summed E-state index contributed by atoms with van der Waals surface area (Å²) in [6.45, 7) is 0. The summed E-state index contributed by atoms with van der Waals surface area (Å²) in [5.74, 6) is 1.80. The highest BCUT2D eigenvalue weighted by Gasteiger charge is 2.30. The Balaban J connectivity index is 1.77. The number of ether oxygens (including phenoxy) is 2. The highest BCUT2D eigenvalue weighted by molar-refractivity contribution is 6.40. The molecule has 1 aromatic heterocycles. The van der Waals surface area contributed by atoms with Crippen LogP contribution in [0.3, 0.4) is 0 Å². The maximum atomic E-state index is 13.2. The van der Waals surface area contributed by atoms with Crippen molar-refractivity contribution in [2.75, 3.05) is 7.11 Å². The second-order valence-electron chi connectivity index (χ2n) is 7.36. The fraction of sp³-hybridized carbons (Fsp3) is 0.0385. The van der Waals surface area contributed by atoms with Crippen LogP contribution in [0.5, 0.6) is 5.75 Å². The molecule has 182 valence electrons. The Morgan fingerprint density at radius 2 is 1.53 bits per heavy atom. The molecule has 0 spiro atoms. The van der Waals surface area contributed by atoms with Gasteiger partial charge in [-0.1, -0.05) is 83.9 Å². The van der Waals surface area contributed by atoms with Crippen molar-refractivity contribution in [3.63, 3.8) is 0 Å². The molecular formula is C26H18Cl2N2O6. The number of carbonyl (C=O) groups excluding carboxylic acids is 3. The number of halogens is 2. The van der Waals surface area contributed by atoms with Crippen LogP contribution in [0.1, 0.15) is 31.3 Å². The first-order valence-electron chi connectivity index (χ1n) is 10.4. The summed E-state index contributed by atoms with van der Waals surface area (Å²) in [6.07, 6.45) is 1.41. The molecule has 10 heteroatoms. The highest BCUT2D eigenvalue weighted by Crippen LogP contribution is 2.39. The van der Waals surface area contributed by atoms with Gasteiger partial charge in [-0.2, -0.15) is 0 Å². The molecule has 0 fully saturated rings. The van der Waals surface area contributed by atoms with Crippen LogP contribution >= 0.6 is 23.2 Å². The maximum Gasteiger partial charge on any atom is 0.382 e. The zero-order chi connectivity index (χ0) is 25.8. The van der Waals surface area contributed by atoms with Crippen LogP contribution < -0.4 is 16.0 Å². The Kier molecular flexibility index (Phi) is 7.40. The number of nitrogens with two attached hydrogens (primary N) is 1. The number of hydrogen-bond acceptors (Lipinski definition) is 7. The van der Waals surface area contributed by atoms with Gasteiger partial charge in [0.05, 0.1) is 28.3 Å². The van der Waals surface area contributed by atoms with Crippen molar-refractivity contribution in [2.24, 2.45) is 5.84 Å². The molecule has 0 atom stereocenters. The number of methoxy groups -OCH3 is 1. The average Bonchev–Trinajstić information content (AvgIpc) is 3.34. The number of hydrazine groups is 1. The normalized spacial score (nSPS) is 10.6. The topological polar surface area (TPSA) is 121 Å². The zero-order valence-corrected chi connectivity index (χ0v) is 20.2. The lowest BCUT2D eigenvalue weighted by molar-refractivity contribution is 0.0374. The molecule has 1 amide bonds. The first kappa shape index (κ1) is 25.0. The van der Waals surface area contributed by atoms with Crippen LogP contribution in [-0.4, -0.2) is 25.0 Å². The molecule has 0 saturated heterocycles. The van der Waals surface area contributed by atoms with Crippen molar-refractivity contribution in [3.8, 4) is 28.0 Å². The number of hydrogen-bond donors (Lipinski definition) is 2. The predicted octanol–water partition coefficient (Wildman–Crippen LogP) is 5.53. The number of amides is 1. The lowest BCUT2D eigenvalue weighted by atomic mass is 9.97. The van der Waals surface area contributed by atoms with E-state index in [1.807, 2.05) is 41.8 Å². The smallest absolute Gasteiger partial charge is 0.382 e. The van der Waals surface area contributed by atoms with Gasteiger partial charge >= 0.3 is 11.9 Å². The third kappa shape index (κ3) is 4.70.